The van der Waals surface area contributed by atoms with Crippen molar-refractivity contribution >= 4 is 46.4 Å². The molecular weight excluding hydrogens is 355 g/mol. The standard InChI is InChI=1S/C20H12N4.Co/c1-2-14-6-10-19(22-14)20-12-8-16(24-20)4-3-15-7-11-18(23-15)17-9-5-13(1)21-17;/h1-12H;/q-2;+2. The van der Waals surface area contributed by atoms with Crippen molar-refractivity contribution in [2.75, 3.05) is 0 Å². The quantitative estimate of drug-likeness (QED) is 0.416. The van der Waals surface area contributed by atoms with Gasteiger partial charge in [0.2, 0.25) is 0 Å². The average Bonchev–Trinajstić information content (AvgIpc) is 3.37. The molecule has 0 saturated carbocycles. The molecule has 0 aliphatic carbocycles. The Bertz CT molecular complexity index is 1070. The molecule has 0 saturated heterocycles. The van der Waals surface area contributed by atoms with Gasteiger partial charge in [-0.25, -0.2) is 0 Å². The summed E-state index contributed by atoms with van der Waals surface area (Å²) in [5.41, 5.74) is 7.12. The van der Waals surface area contributed by atoms with E-state index in [0.29, 0.717) is 0 Å². The van der Waals surface area contributed by atoms with Crippen molar-refractivity contribution in [2.45, 2.75) is 0 Å². The number of aromatic nitrogens is 4. The van der Waals surface area contributed by atoms with E-state index in [1.54, 1.807) is 0 Å². The summed E-state index contributed by atoms with van der Waals surface area (Å²) in [4.78, 5) is 18.4. The normalized spacial score (nSPS) is 12.2. The third kappa shape index (κ3) is 2.95. The van der Waals surface area contributed by atoms with E-state index >= 15 is 0 Å². The first-order valence-corrected chi connectivity index (χ1v) is 7.75. The maximum absolute atomic E-state index is 4.61. The van der Waals surface area contributed by atoms with Gasteiger partial charge in [0.25, 0.3) is 0 Å². The second kappa shape index (κ2) is 6.20. The van der Waals surface area contributed by atoms with Crippen LogP contribution in [0, 0.1) is 0 Å². The Morgan fingerprint density at radius 1 is 0.520 bits per heavy atom. The minimum Gasteiger partial charge on any atom is -0.656 e. The molecule has 25 heavy (non-hydrogen) atoms. The van der Waals surface area contributed by atoms with Crippen molar-refractivity contribution < 1.29 is 16.8 Å². The summed E-state index contributed by atoms with van der Waals surface area (Å²) < 4.78 is 0. The smallest absolute Gasteiger partial charge is 0.656 e. The number of fused-ring (bicyclic) bond motifs is 10. The molecule has 0 unspecified atom stereocenters. The molecule has 8 bridgehead atoms. The maximum atomic E-state index is 4.61. The van der Waals surface area contributed by atoms with E-state index in [0.717, 1.165) is 44.8 Å². The Morgan fingerprint density at radius 2 is 0.960 bits per heavy atom. The molecule has 5 rings (SSSR count). The first kappa shape index (κ1) is 15.6. The van der Waals surface area contributed by atoms with E-state index in [1.165, 1.54) is 0 Å². The molecule has 5 heterocycles. The van der Waals surface area contributed by atoms with Gasteiger partial charge >= 0.3 is 16.8 Å². The zero-order valence-corrected chi connectivity index (χ0v) is 14.1. The summed E-state index contributed by atoms with van der Waals surface area (Å²) in [6.45, 7) is 0. The first-order chi connectivity index (χ1) is 11.8. The first-order valence-electron chi connectivity index (χ1n) is 7.75. The van der Waals surface area contributed by atoms with Crippen LogP contribution in [0.1, 0.15) is 22.8 Å². The molecule has 5 heteroatoms. The van der Waals surface area contributed by atoms with Crippen molar-refractivity contribution in [1.29, 1.82) is 0 Å². The fraction of sp³-hybridized carbons (Fsp3) is 0. The Morgan fingerprint density at radius 3 is 1.44 bits per heavy atom. The largest absolute Gasteiger partial charge is 2.00 e. The van der Waals surface area contributed by atoms with Gasteiger partial charge in [-0.2, -0.15) is 0 Å². The van der Waals surface area contributed by atoms with Gasteiger partial charge in [-0.3, -0.25) is 9.97 Å². The van der Waals surface area contributed by atoms with E-state index in [4.69, 9.17) is 0 Å². The zero-order valence-electron chi connectivity index (χ0n) is 13.1. The van der Waals surface area contributed by atoms with Crippen molar-refractivity contribution in [1.82, 2.24) is 19.9 Å². The molecule has 0 N–H and O–H groups in total. The van der Waals surface area contributed by atoms with Crippen LogP contribution in [0.25, 0.3) is 46.4 Å². The van der Waals surface area contributed by atoms with E-state index in [1.807, 2.05) is 72.8 Å². The number of rotatable bonds is 0. The summed E-state index contributed by atoms with van der Waals surface area (Å²) >= 11 is 0. The summed E-state index contributed by atoms with van der Waals surface area (Å²) in [7, 11) is 0. The Balaban J connectivity index is 0.00000157. The monoisotopic (exact) mass is 367 g/mol. The van der Waals surface area contributed by atoms with Crippen molar-refractivity contribution in [3.05, 3.63) is 71.3 Å². The van der Waals surface area contributed by atoms with Gasteiger partial charge in [-0.15, -0.1) is 22.1 Å². The molecule has 4 nitrogen and oxygen atoms in total. The molecule has 1 radical (unpaired) electrons. The summed E-state index contributed by atoms with van der Waals surface area (Å²) in [5.74, 6) is 0. The van der Waals surface area contributed by atoms with Gasteiger partial charge in [0.15, 0.2) is 0 Å². The molecule has 0 amide bonds. The minimum atomic E-state index is 0. The van der Waals surface area contributed by atoms with Crippen molar-refractivity contribution in [2.24, 2.45) is 0 Å². The molecule has 3 aromatic heterocycles. The summed E-state index contributed by atoms with van der Waals surface area (Å²) in [6.07, 6.45) is 7.95. The predicted molar refractivity (Wildman–Crippen MR) is 96.8 cm³/mol. The molecule has 0 spiro atoms. The van der Waals surface area contributed by atoms with E-state index in [-0.39, 0.29) is 16.8 Å². The topological polar surface area (TPSA) is 54.0 Å². The third-order valence-corrected chi connectivity index (χ3v) is 4.02. The van der Waals surface area contributed by atoms with Crippen LogP contribution in [-0.2, 0) is 16.8 Å². The Kier molecular flexibility index (Phi) is 3.87. The third-order valence-electron chi connectivity index (χ3n) is 4.02. The van der Waals surface area contributed by atoms with Gasteiger partial charge in [0, 0.05) is 11.4 Å². The maximum Gasteiger partial charge on any atom is 2.00 e. The van der Waals surface area contributed by atoms with Gasteiger partial charge in [-0.05, 0) is 36.4 Å². The molecule has 0 atom stereocenters. The summed E-state index contributed by atoms with van der Waals surface area (Å²) in [5, 5.41) is 0. The Labute approximate surface area is 154 Å². The summed E-state index contributed by atoms with van der Waals surface area (Å²) in [6, 6.07) is 15.8. The molecular formula is C20H12CoN4. The second-order valence-corrected chi connectivity index (χ2v) is 5.69. The van der Waals surface area contributed by atoms with Crippen molar-refractivity contribution in [3.63, 3.8) is 0 Å². The molecule has 0 fully saturated rings. The van der Waals surface area contributed by atoms with E-state index < -0.39 is 0 Å². The second-order valence-electron chi connectivity index (χ2n) is 5.69. The fourth-order valence-electron chi connectivity index (χ4n) is 2.80. The van der Waals surface area contributed by atoms with Gasteiger partial charge in [-0.1, -0.05) is 36.4 Å². The van der Waals surface area contributed by atoms with Crippen LogP contribution in [0.4, 0.5) is 0 Å². The van der Waals surface area contributed by atoms with Crippen LogP contribution in [0.3, 0.4) is 0 Å². The molecule has 121 valence electrons. The fourth-order valence-corrected chi connectivity index (χ4v) is 2.80. The predicted octanol–water partition coefficient (Wildman–Crippen LogP) is 3.91. The van der Waals surface area contributed by atoms with Gasteiger partial charge in [0.1, 0.15) is 0 Å². The van der Waals surface area contributed by atoms with Crippen molar-refractivity contribution in [3.8, 4) is 0 Å². The van der Waals surface area contributed by atoms with Crippen LogP contribution in [0.15, 0.2) is 48.5 Å². The van der Waals surface area contributed by atoms with Gasteiger partial charge in [0.05, 0.1) is 11.4 Å². The number of nitrogens with zero attached hydrogens (tertiary/aromatic N) is 4. The van der Waals surface area contributed by atoms with E-state index in [9.17, 15) is 0 Å². The number of hydrogen-bond acceptors (Lipinski definition) is 2. The minimum absolute atomic E-state index is 0. The average molecular weight is 367 g/mol. The van der Waals surface area contributed by atoms with Crippen LogP contribution >= 0.6 is 0 Å². The number of hydrogen-bond donors (Lipinski definition) is 0. The van der Waals surface area contributed by atoms with Crippen LogP contribution < -0.4 is 9.97 Å². The van der Waals surface area contributed by atoms with E-state index in [2.05, 4.69) is 19.9 Å². The molecule has 0 aromatic carbocycles. The molecule has 2 aliphatic rings. The SMILES string of the molecule is C1=Cc2nc1ccc1ccc([n-]1)c1nc(ccc3ccc2[n-]3)C=C1.[Co+2]. The molecule has 3 aromatic rings. The van der Waals surface area contributed by atoms with Crippen LogP contribution in [0.2, 0.25) is 0 Å². The van der Waals surface area contributed by atoms with Gasteiger partial charge < -0.3 is 9.97 Å². The zero-order chi connectivity index (χ0) is 15.9. The van der Waals surface area contributed by atoms with Crippen LogP contribution in [0.5, 0.6) is 0 Å². The van der Waals surface area contributed by atoms with Crippen LogP contribution in [-0.4, -0.2) is 9.97 Å². The molecule has 2 aliphatic heterocycles. The Hall–Kier alpha value is -2.89.